The second-order valence-electron chi connectivity index (χ2n) is 5.20. The van der Waals surface area contributed by atoms with Crippen molar-refractivity contribution in [2.75, 3.05) is 19.8 Å². The van der Waals surface area contributed by atoms with Gasteiger partial charge in [0.2, 0.25) is 5.91 Å². The van der Waals surface area contributed by atoms with Gasteiger partial charge in [0.05, 0.1) is 18.9 Å². The molecule has 1 N–H and O–H groups in total. The summed E-state index contributed by atoms with van der Waals surface area (Å²) in [5, 5.41) is 5.20. The highest BCUT2D eigenvalue weighted by molar-refractivity contribution is 7.15. The molecule has 2 aromatic heterocycles. The molecule has 0 unspecified atom stereocenters. The summed E-state index contributed by atoms with van der Waals surface area (Å²) < 4.78 is 7.01. The maximum absolute atomic E-state index is 11.8. The number of rotatable bonds is 4. The third-order valence-corrected chi connectivity index (χ3v) is 4.27. The Hall–Kier alpha value is -1.37. The highest BCUT2D eigenvalue weighted by Crippen LogP contribution is 2.25. The topological polar surface area (TPSA) is 55.6 Å². The number of thiazole rings is 1. The number of nitrogens with zero attached hydrogens (tertiary/aromatic N) is 2. The minimum Gasteiger partial charge on any atom is -0.380 e. The fourth-order valence-corrected chi connectivity index (χ4v) is 3.00. The Bertz CT molecular complexity index is 672. The van der Waals surface area contributed by atoms with E-state index in [0.29, 0.717) is 24.9 Å². The van der Waals surface area contributed by atoms with Gasteiger partial charge in [0.1, 0.15) is 0 Å². The number of hydrogen-bond acceptors (Lipinski definition) is 4. The first kappa shape index (κ1) is 13.6. The molecule has 0 atom stereocenters. The van der Waals surface area contributed by atoms with Crippen molar-refractivity contribution >= 4 is 39.9 Å². The average Bonchev–Trinajstić information content (AvgIpc) is 2.92. The van der Waals surface area contributed by atoms with Crippen LogP contribution in [0.1, 0.15) is 12.6 Å². The van der Waals surface area contributed by atoms with Crippen LogP contribution in [-0.4, -0.2) is 35.1 Å². The molecule has 0 aliphatic carbocycles. The van der Waals surface area contributed by atoms with Crippen molar-refractivity contribution in [3.05, 3.63) is 28.5 Å². The largest absolute Gasteiger partial charge is 0.380 e. The van der Waals surface area contributed by atoms with Gasteiger partial charge in [-0.2, -0.15) is 0 Å². The highest BCUT2D eigenvalue weighted by Gasteiger charge is 2.33. The molecule has 1 aliphatic rings. The third-order valence-electron chi connectivity index (χ3n) is 3.24. The summed E-state index contributed by atoms with van der Waals surface area (Å²) in [6, 6.07) is 0. The number of ether oxygens (including phenoxy) is 1. The molecule has 1 saturated heterocycles. The van der Waals surface area contributed by atoms with Crippen LogP contribution >= 0.6 is 22.9 Å². The molecule has 1 amide bonds. The van der Waals surface area contributed by atoms with Gasteiger partial charge >= 0.3 is 0 Å². The molecule has 20 heavy (non-hydrogen) atoms. The number of nitrogens with one attached hydrogen (secondary N) is 1. The van der Waals surface area contributed by atoms with Gasteiger partial charge in [-0.25, -0.2) is 4.98 Å². The first-order valence-corrected chi connectivity index (χ1v) is 7.48. The van der Waals surface area contributed by atoms with E-state index in [1.165, 1.54) is 17.4 Å². The fourth-order valence-electron chi connectivity index (χ4n) is 1.99. The predicted molar refractivity (Wildman–Crippen MR) is 79.0 cm³/mol. The minimum absolute atomic E-state index is 0.0678. The number of imidazole rings is 1. The van der Waals surface area contributed by atoms with Crippen molar-refractivity contribution in [1.82, 2.24) is 14.7 Å². The van der Waals surface area contributed by atoms with Crippen LogP contribution in [0.2, 0.25) is 5.15 Å². The summed E-state index contributed by atoms with van der Waals surface area (Å²) in [5.41, 5.74) is 0.787. The van der Waals surface area contributed by atoms with Crippen LogP contribution in [0, 0.1) is 5.41 Å². The van der Waals surface area contributed by atoms with E-state index in [-0.39, 0.29) is 11.3 Å². The summed E-state index contributed by atoms with van der Waals surface area (Å²) in [4.78, 5) is 16.8. The molecule has 1 aliphatic heterocycles. The Morgan fingerprint density at radius 2 is 2.50 bits per heavy atom. The predicted octanol–water partition coefficient (Wildman–Crippen LogP) is 2.22. The zero-order valence-corrected chi connectivity index (χ0v) is 12.5. The lowest BCUT2D eigenvalue weighted by Crippen LogP contribution is -2.48. The molecule has 106 valence electrons. The minimum atomic E-state index is -0.139. The van der Waals surface area contributed by atoms with Crippen molar-refractivity contribution in [3.8, 4) is 0 Å². The Labute approximate surface area is 125 Å². The normalized spacial score (nSPS) is 17.5. The number of hydrogen-bond donors (Lipinski definition) is 1. The summed E-state index contributed by atoms with van der Waals surface area (Å²) in [6.45, 7) is 4.09. The van der Waals surface area contributed by atoms with Gasteiger partial charge in [0.15, 0.2) is 10.1 Å². The van der Waals surface area contributed by atoms with E-state index in [1.54, 1.807) is 6.08 Å². The van der Waals surface area contributed by atoms with E-state index in [2.05, 4.69) is 17.2 Å². The number of halogens is 1. The summed E-state index contributed by atoms with van der Waals surface area (Å²) in [7, 11) is 0. The van der Waals surface area contributed by atoms with Crippen LogP contribution in [0.5, 0.6) is 0 Å². The van der Waals surface area contributed by atoms with E-state index < -0.39 is 0 Å². The van der Waals surface area contributed by atoms with Gasteiger partial charge in [0.25, 0.3) is 0 Å². The molecule has 1 fully saturated rings. The molecule has 3 heterocycles. The molecule has 7 heteroatoms. The third kappa shape index (κ3) is 2.59. The number of carbonyl (C=O) groups excluding carboxylic acids is 1. The van der Waals surface area contributed by atoms with Crippen molar-refractivity contribution < 1.29 is 9.53 Å². The molecule has 3 rings (SSSR count). The Morgan fingerprint density at radius 1 is 1.70 bits per heavy atom. The first-order valence-electron chi connectivity index (χ1n) is 6.22. The first-order chi connectivity index (χ1) is 9.57. The van der Waals surface area contributed by atoms with Crippen molar-refractivity contribution in [2.45, 2.75) is 6.92 Å². The van der Waals surface area contributed by atoms with Crippen LogP contribution in [0.4, 0.5) is 0 Å². The average molecular weight is 312 g/mol. The molecular formula is C13H14ClN3O2S. The SMILES string of the molecule is CC1(CNC(=O)/C=C/c2c(Cl)nc3sccn23)COC1. The summed E-state index contributed by atoms with van der Waals surface area (Å²) >= 11 is 7.55. The van der Waals surface area contributed by atoms with Gasteiger partial charge in [-0.3, -0.25) is 9.20 Å². The standard InChI is InChI=1S/C13H14ClN3O2S/c1-13(7-19-8-13)6-15-10(18)3-2-9-11(14)16-12-17(9)4-5-20-12/h2-5H,6-8H2,1H3,(H,15,18)/b3-2+. The van der Waals surface area contributed by atoms with Crippen molar-refractivity contribution in [3.63, 3.8) is 0 Å². The van der Waals surface area contributed by atoms with Crippen LogP contribution in [0.3, 0.4) is 0 Å². The Balaban J connectivity index is 1.65. The van der Waals surface area contributed by atoms with Gasteiger partial charge in [-0.15, -0.1) is 11.3 Å². The Kier molecular flexibility index (Phi) is 3.54. The zero-order valence-electron chi connectivity index (χ0n) is 10.9. The zero-order chi connectivity index (χ0) is 14.2. The maximum atomic E-state index is 11.8. The van der Waals surface area contributed by atoms with E-state index in [0.717, 1.165) is 10.7 Å². The van der Waals surface area contributed by atoms with Gasteiger partial charge < -0.3 is 10.1 Å². The second kappa shape index (κ2) is 5.20. The molecule has 5 nitrogen and oxygen atoms in total. The lowest BCUT2D eigenvalue weighted by molar-refractivity contribution is -0.122. The van der Waals surface area contributed by atoms with Crippen LogP contribution in [0.25, 0.3) is 11.0 Å². The quantitative estimate of drug-likeness (QED) is 0.881. The Morgan fingerprint density at radius 3 is 3.20 bits per heavy atom. The van der Waals surface area contributed by atoms with E-state index in [1.807, 2.05) is 16.0 Å². The molecule has 0 spiro atoms. The maximum Gasteiger partial charge on any atom is 0.244 e. The molecular weight excluding hydrogens is 298 g/mol. The molecule has 0 saturated carbocycles. The van der Waals surface area contributed by atoms with Gasteiger partial charge in [-0.05, 0) is 6.08 Å². The lowest BCUT2D eigenvalue weighted by atomic mass is 9.89. The van der Waals surface area contributed by atoms with Crippen molar-refractivity contribution in [2.24, 2.45) is 5.41 Å². The monoisotopic (exact) mass is 311 g/mol. The summed E-state index contributed by atoms with van der Waals surface area (Å²) in [5.74, 6) is -0.139. The second-order valence-corrected chi connectivity index (χ2v) is 6.43. The summed E-state index contributed by atoms with van der Waals surface area (Å²) in [6.07, 6.45) is 5.04. The number of carbonyl (C=O) groups is 1. The van der Waals surface area contributed by atoms with Crippen molar-refractivity contribution in [1.29, 1.82) is 0 Å². The van der Waals surface area contributed by atoms with Gasteiger partial charge in [-0.1, -0.05) is 18.5 Å². The van der Waals surface area contributed by atoms with E-state index in [9.17, 15) is 4.79 Å². The molecule has 0 bridgehead atoms. The molecule has 0 radical (unpaired) electrons. The molecule has 0 aromatic carbocycles. The number of amides is 1. The number of aromatic nitrogens is 2. The van der Waals surface area contributed by atoms with E-state index in [4.69, 9.17) is 16.3 Å². The van der Waals surface area contributed by atoms with Crippen LogP contribution < -0.4 is 5.32 Å². The molecule has 2 aromatic rings. The van der Waals surface area contributed by atoms with Gasteiger partial charge in [0, 0.05) is 29.6 Å². The fraction of sp³-hybridized carbons (Fsp3) is 0.385. The van der Waals surface area contributed by atoms with Crippen LogP contribution in [0.15, 0.2) is 17.7 Å². The smallest absolute Gasteiger partial charge is 0.244 e. The van der Waals surface area contributed by atoms with Crippen LogP contribution in [-0.2, 0) is 9.53 Å². The lowest BCUT2D eigenvalue weighted by Gasteiger charge is -2.37. The highest BCUT2D eigenvalue weighted by atomic mass is 35.5. The van der Waals surface area contributed by atoms with E-state index >= 15 is 0 Å². The number of fused-ring (bicyclic) bond motifs is 1.